The number of amides is 1. The van der Waals surface area contributed by atoms with E-state index in [9.17, 15) is 18.4 Å². The lowest BCUT2D eigenvalue weighted by molar-refractivity contribution is -0.164. The number of ether oxygens (including phenoxy) is 2. The van der Waals surface area contributed by atoms with Crippen molar-refractivity contribution in [1.29, 1.82) is 0 Å². The molecule has 3 rings (SSSR count). The molecule has 2 aromatic rings. The standard InChI is InChI=1S/C19H20N2O6S/c1-26-14-5-7-15(8-6-14)27-16-9-11-17(12-10-16)28(24,25)20-18-4-2-3-13-21(23)19(18)22/h2-3,5-12,18,20,23H,4,13H2,1H3/t18-/m1/s1. The van der Waals surface area contributed by atoms with Crippen molar-refractivity contribution in [1.82, 2.24) is 9.79 Å². The predicted molar refractivity (Wildman–Crippen MR) is 101 cm³/mol. The fourth-order valence-electron chi connectivity index (χ4n) is 2.60. The van der Waals surface area contributed by atoms with Gasteiger partial charge in [-0.1, -0.05) is 12.2 Å². The minimum atomic E-state index is -3.95. The number of hydrogen-bond acceptors (Lipinski definition) is 6. The molecular formula is C19H20N2O6S. The van der Waals surface area contributed by atoms with E-state index in [0.717, 1.165) is 0 Å². The quantitative estimate of drug-likeness (QED) is 0.565. The van der Waals surface area contributed by atoms with Crippen molar-refractivity contribution in [2.45, 2.75) is 17.4 Å². The molecule has 0 fully saturated rings. The smallest absolute Gasteiger partial charge is 0.264 e. The summed E-state index contributed by atoms with van der Waals surface area (Å²) in [6.45, 7) is 0.0223. The summed E-state index contributed by atoms with van der Waals surface area (Å²) in [6.07, 6.45) is 3.40. The Bertz CT molecular complexity index is 955. The van der Waals surface area contributed by atoms with Crippen molar-refractivity contribution in [2.75, 3.05) is 13.7 Å². The molecular weight excluding hydrogens is 384 g/mol. The first-order chi connectivity index (χ1) is 13.4. The highest BCUT2D eigenvalue weighted by molar-refractivity contribution is 7.89. The maximum absolute atomic E-state index is 12.6. The van der Waals surface area contributed by atoms with Crippen LogP contribution in [0.5, 0.6) is 17.2 Å². The molecule has 0 saturated heterocycles. The van der Waals surface area contributed by atoms with Gasteiger partial charge in [-0.2, -0.15) is 4.72 Å². The van der Waals surface area contributed by atoms with Gasteiger partial charge in [0.15, 0.2) is 0 Å². The van der Waals surface area contributed by atoms with Gasteiger partial charge in [0.1, 0.15) is 23.3 Å². The lowest BCUT2D eigenvalue weighted by Gasteiger charge is -2.19. The van der Waals surface area contributed by atoms with Crippen LogP contribution in [0.1, 0.15) is 6.42 Å². The number of hydrogen-bond donors (Lipinski definition) is 2. The van der Waals surface area contributed by atoms with Gasteiger partial charge in [-0.3, -0.25) is 10.0 Å². The minimum absolute atomic E-state index is 0.0138. The van der Waals surface area contributed by atoms with Crippen molar-refractivity contribution in [3.8, 4) is 17.2 Å². The molecule has 8 nitrogen and oxygen atoms in total. The zero-order valence-electron chi connectivity index (χ0n) is 15.1. The van der Waals surface area contributed by atoms with Gasteiger partial charge in [0.25, 0.3) is 5.91 Å². The maximum Gasteiger partial charge on any atom is 0.264 e. The van der Waals surface area contributed by atoms with E-state index in [-0.39, 0.29) is 17.9 Å². The van der Waals surface area contributed by atoms with Crippen LogP contribution in [0.15, 0.2) is 65.6 Å². The van der Waals surface area contributed by atoms with E-state index in [0.29, 0.717) is 22.3 Å². The topological polar surface area (TPSA) is 105 Å². The average molecular weight is 404 g/mol. The summed E-state index contributed by atoms with van der Waals surface area (Å²) >= 11 is 0. The van der Waals surface area contributed by atoms with Crippen LogP contribution in [0.4, 0.5) is 0 Å². The van der Waals surface area contributed by atoms with E-state index in [2.05, 4.69) is 4.72 Å². The third-order valence-corrected chi connectivity index (χ3v) is 5.58. The lowest BCUT2D eigenvalue weighted by atomic mass is 10.2. The molecule has 0 spiro atoms. The molecule has 1 aliphatic heterocycles. The zero-order chi connectivity index (χ0) is 20.1. The Morgan fingerprint density at radius 1 is 1.00 bits per heavy atom. The predicted octanol–water partition coefficient (Wildman–Crippen LogP) is 2.31. The zero-order valence-corrected chi connectivity index (χ0v) is 15.9. The van der Waals surface area contributed by atoms with Crippen LogP contribution >= 0.6 is 0 Å². The number of hydroxylamine groups is 2. The SMILES string of the molecule is COc1ccc(Oc2ccc(S(=O)(=O)N[C@@H]3CC=CCN(O)C3=O)cc2)cc1. The van der Waals surface area contributed by atoms with Crippen LogP contribution in [0, 0.1) is 0 Å². The molecule has 148 valence electrons. The first kappa shape index (κ1) is 19.9. The molecule has 0 saturated carbocycles. The second kappa shape index (κ2) is 8.42. The van der Waals surface area contributed by atoms with E-state index in [1.807, 2.05) is 0 Å². The molecule has 2 N–H and O–H groups in total. The number of carbonyl (C=O) groups excluding carboxylic acids is 1. The third-order valence-electron chi connectivity index (χ3n) is 4.10. The van der Waals surface area contributed by atoms with Crippen LogP contribution in [-0.4, -0.2) is 44.3 Å². The number of nitrogens with zero attached hydrogens (tertiary/aromatic N) is 1. The molecule has 0 aromatic heterocycles. The highest BCUT2D eigenvalue weighted by atomic mass is 32.2. The minimum Gasteiger partial charge on any atom is -0.497 e. The first-order valence-corrected chi connectivity index (χ1v) is 9.97. The Balaban J connectivity index is 1.70. The van der Waals surface area contributed by atoms with E-state index < -0.39 is 22.0 Å². The summed E-state index contributed by atoms with van der Waals surface area (Å²) < 4.78 is 38.2. The number of methoxy groups -OCH3 is 1. The van der Waals surface area contributed by atoms with Gasteiger partial charge < -0.3 is 9.47 Å². The highest BCUT2D eigenvalue weighted by Gasteiger charge is 2.29. The highest BCUT2D eigenvalue weighted by Crippen LogP contribution is 2.25. The van der Waals surface area contributed by atoms with Gasteiger partial charge >= 0.3 is 0 Å². The second-order valence-electron chi connectivity index (χ2n) is 6.05. The molecule has 0 radical (unpaired) electrons. The molecule has 1 aliphatic rings. The Morgan fingerprint density at radius 3 is 2.18 bits per heavy atom. The van der Waals surface area contributed by atoms with Crippen molar-refractivity contribution >= 4 is 15.9 Å². The number of rotatable bonds is 6. The van der Waals surface area contributed by atoms with Gasteiger partial charge in [-0.05, 0) is 55.0 Å². The Hall–Kier alpha value is -2.88. The average Bonchev–Trinajstić information content (AvgIpc) is 2.84. The summed E-state index contributed by atoms with van der Waals surface area (Å²) in [4.78, 5) is 12.0. The van der Waals surface area contributed by atoms with Crippen molar-refractivity contribution in [2.24, 2.45) is 0 Å². The fourth-order valence-corrected chi connectivity index (χ4v) is 3.80. The molecule has 0 aliphatic carbocycles. The van der Waals surface area contributed by atoms with E-state index in [4.69, 9.17) is 9.47 Å². The number of nitrogens with one attached hydrogen (secondary N) is 1. The monoisotopic (exact) mass is 404 g/mol. The Morgan fingerprint density at radius 2 is 1.57 bits per heavy atom. The van der Waals surface area contributed by atoms with Gasteiger partial charge in [-0.25, -0.2) is 13.5 Å². The fraction of sp³-hybridized carbons (Fsp3) is 0.211. The van der Waals surface area contributed by atoms with Gasteiger partial charge in [0.2, 0.25) is 10.0 Å². The van der Waals surface area contributed by atoms with E-state index in [1.165, 1.54) is 24.3 Å². The summed E-state index contributed by atoms with van der Waals surface area (Å²) in [6, 6.07) is 11.7. The van der Waals surface area contributed by atoms with Crippen LogP contribution in [0.3, 0.4) is 0 Å². The van der Waals surface area contributed by atoms with Crippen LogP contribution in [0.25, 0.3) is 0 Å². The van der Waals surface area contributed by atoms with Gasteiger partial charge in [0, 0.05) is 0 Å². The van der Waals surface area contributed by atoms with Crippen molar-refractivity contribution < 1.29 is 27.9 Å². The largest absolute Gasteiger partial charge is 0.497 e. The summed E-state index contributed by atoms with van der Waals surface area (Å²) in [5.41, 5.74) is 0. The van der Waals surface area contributed by atoms with Crippen LogP contribution in [-0.2, 0) is 14.8 Å². The normalized spacial score (nSPS) is 17.3. The van der Waals surface area contributed by atoms with Crippen LogP contribution < -0.4 is 14.2 Å². The first-order valence-electron chi connectivity index (χ1n) is 8.48. The maximum atomic E-state index is 12.6. The van der Waals surface area contributed by atoms with E-state index >= 15 is 0 Å². The molecule has 1 heterocycles. The molecule has 0 unspecified atom stereocenters. The number of benzene rings is 2. The second-order valence-corrected chi connectivity index (χ2v) is 7.76. The summed E-state index contributed by atoms with van der Waals surface area (Å²) in [5, 5.41) is 10.1. The Kier molecular flexibility index (Phi) is 5.98. The number of sulfonamides is 1. The third kappa shape index (κ3) is 4.69. The lowest BCUT2D eigenvalue weighted by Crippen LogP contribution is -2.46. The van der Waals surface area contributed by atoms with Crippen molar-refractivity contribution in [3.63, 3.8) is 0 Å². The molecule has 0 bridgehead atoms. The molecule has 9 heteroatoms. The molecule has 1 amide bonds. The van der Waals surface area contributed by atoms with Gasteiger partial charge in [-0.15, -0.1) is 0 Å². The summed E-state index contributed by atoms with van der Waals surface area (Å²) in [7, 11) is -2.38. The Labute approximate surface area is 163 Å². The van der Waals surface area contributed by atoms with Gasteiger partial charge in [0.05, 0.1) is 18.6 Å². The summed E-state index contributed by atoms with van der Waals surface area (Å²) in [5.74, 6) is 1.03. The number of carbonyl (C=O) groups is 1. The molecule has 2 aromatic carbocycles. The van der Waals surface area contributed by atoms with Crippen LogP contribution in [0.2, 0.25) is 0 Å². The molecule has 1 atom stereocenters. The van der Waals surface area contributed by atoms with Crippen molar-refractivity contribution in [3.05, 3.63) is 60.7 Å². The molecule has 28 heavy (non-hydrogen) atoms. The van der Waals surface area contributed by atoms with E-state index in [1.54, 1.807) is 43.5 Å².